The van der Waals surface area contributed by atoms with E-state index in [1.54, 1.807) is 0 Å². The Morgan fingerprint density at radius 3 is 2.17 bits per heavy atom. The summed E-state index contributed by atoms with van der Waals surface area (Å²) >= 11 is 0. The average molecular weight is 169 g/mol. The van der Waals surface area contributed by atoms with Gasteiger partial charge in [0.2, 0.25) is 0 Å². The lowest BCUT2D eigenvalue weighted by Gasteiger charge is -2.08. The van der Waals surface area contributed by atoms with Crippen LogP contribution in [-0.4, -0.2) is 5.71 Å². The molecule has 0 unspecified atom stereocenters. The summed E-state index contributed by atoms with van der Waals surface area (Å²) in [7, 11) is 0. The Morgan fingerprint density at radius 2 is 1.67 bits per heavy atom. The first-order valence-electron chi connectivity index (χ1n) is 4.82. The highest BCUT2D eigenvalue weighted by Gasteiger charge is 1.97. The van der Waals surface area contributed by atoms with Crippen molar-refractivity contribution in [3.05, 3.63) is 6.04 Å². The van der Waals surface area contributed by atoms with E-state index in [0.717, 1.165) is 12.8 Å². The van der Waals surface area contributed by atoms with Crippen LogP contribution in [0.4, 0.5) is 0 Å². The number of hydrogen-bond acceptors (Lipinski definition) is 2. The molecule has 0 amide bonds. The van der Waals surface area contributed by atoms with Crippen molar-refractivity contribution in [2.45, 2.75) is 53.4 Å². The second-order valence-electron chi connectivity index (χ2n) is 3.24. The molecule has 71 valence electrons. The van der Waals surface area contributed by atoms with Gasteiger partial charge in [-0.1, -0.05) is 26.7 Å². The molecule has 0 aromatic rings. The lowest BCUT2D eigenvalue weighted by Crippen LogP contribution is -2.13. The Bertz CT molecular complexity index is 130. The number of rotatable bonds is 6. The third-order valence-corrected chi connectivity index (χ3v) is 1.67. The molecule has 0 saturated heterocycles. The molecular weight excluding hydrogens is 148 g/mol. The van der Waals surface area contributed by atoms with Crippen molar-refractivity contribution in [2.75, 3.05) is 0 Å². The summed E-state index contributed by atoms with van der Waals surface area (Å²) < 4.78 is 0. The van der Waals surface area contributed by atoms with Gasteiger partial charge in [-0.3, -0.25) is 0 Å². The summed E-state index contributed by atoms with van der Waals surface area (Å²) in [5.41, 5.74) is 4.26. The van der Waals surface area contributed by atoms with Crippen LogP contribution in [0.3, 0.4) is 0 Å². The Morgan fingerprint density at radius 1 is 1.08 bits per heavy atom. The molecule has 2 nitrogen and oxygen atoms in total. The minimum absolute atomic E-state index is 1.09. The summed E-state index contributed by atoms with van der Waals surface area (Å²) in [6.07, 6.45) is 4.56. The summed E-state index contributed by atoms with van der Waals surface area (Å²) in [4.78, 5) is 0. The molecule has 1 radical (unpaired) electrons. The lowest BCUT2D eigenvalue weighted by molar-refractivity contribution is 0.657. The second-order valence-corrected chi connectivity index (χ2v) is 3.24. The predicted octanol–water partition coefficient (Wildman–Crippen LogP) is 3.10. The van der Waals surface area contributed by atoms with Crippen LogP contribution < -0.4 is 5.43 Å². The van der Waals surface area contributed by atoms with E-state index in [1.165, 1.54) is 24.6 Å². The zero-order valence-electron chi connectivity index (χ0n) is 8.78. The monoisotopic (exact) mass is 169 g/mol. The van der Waals surface area contributed by atoms with Crippen molar-refractivity contribution in [2.24, 2.45) is 5.10 Å². The van der Waals surface area contributed by atoms with Crippen molar-refractivity contribution in [3.8, 4) is 0 Å². The van der Waals surface area contributed by atoms with E-state index in [9.17, 15) is 0 Å². The highest BCUT2D eigenvalue weighted by atomic mass is 15.3. The molecule has 0 aromatic carbocycles. The SMILES string of the molecule is CCC[C](C)NN=C(C)CCC. The fraction of sp³-hybridized carbons (Fsp3) is 0.800. The Labute approximate surface area is 76.4 Å². The number of hydrazone groups is 1. The van der Waals surface area contributed by atoms with E-state index < -0.39 is 0 Å². The number of nitrogens with zero attached hydrogens (tertiary/aromatic N) is 1. The molecule has 1 N–H and O–H groups in total. The molecule has 0 spiro atoms. The smallest absolute Gasteiger partial charge is 0.0762 e. The third kappa shape index (κ3) is 6.20. The van der Waals surface area contributed by atoms with Crippen LogP contribution in [0.25, 0.3) is 0 Å². The molecule has 0 bridgehead atoms. The Hall–Kier alpha value is -0.530. The van der Waals surface area contributed by atoms with Crippen LogP contribution in [0, 0.1) is 6.04 Å². The molecule has 12 heavy (non-hydrogen) atoms. The second kappa shape index (κ2) is 7.14. The Balaban J connectivity index is 3.55. The maximum Gasteiger partial charge on any atom is 0.0762 e. The maximum atomic E-state index is 4.26. The fourth-order valence-corrected chi connectivity index (χ4v) is 1.04. The molecular formula is C10H21N2. The van der Waals surface area contributed by atoms with Crippen LogP contribution in [0.1, 0.15) is 53.4 Å². The van der Waals surface area contributed by atoms with Gasteiger partial charge < -0.3 is 5.43 Å². The van der Waals surface area contributed by atoms with Gasteiger partial charge in [0.05, 0.1) is 6.04 Å². The van der Waals surface area contributed by atoms with Crippen molar-refractivity contribution in [1.82, 2.24) is 5.43 Å². The maximum absolute atomic E-state index is 4.26. The van der Waals surface area contributed by atoms with Crippen LogP contribution in [0.2, 0.25) is 0 Å². The minimum Gasteiger partial charge on any atom is -0.302 e. The topological polar surface area (TPSA) is 24.4 Å². The van der Waals surface area contributed by atoms with Gasteiger partial charge in [-0.05, 0) is 26.7 Å². The molecule has 0 aliphatic carbocycles. The molecule has 0 aromatic heterocycles. The van der Waals surface area contributed by atoms with Gasteiger partial charge in [-0.2, -0.15) is 5.10 Å². The zero-order valence-corrected chi connectivity index (χ0v) is 8.78. The molecule has 0 heterocycles. The van der Waals surface area contributed by atoms with Gasteiger partial charge in [0.25, 0.3) is 0 Å². The molecule has 0 saturated carbocycles. The fourth-order valence-electron chi connectivity index (χ4n) is 1.04. The first kappa shape index (κ1) is 11.5. The average Bonchev–Trinajstić information content (AvgIpc) is 2.02. The highest BCUT2D eigenvalue weighted by molar-refractivity contribution is 5.81. The largest absolute Gasteiger partial charge is 0.302 e. The normalized spacial score (nSPS) is 12.2. The Kier molecular flexibility index (Phi) is 6.82. The first-order valence-corrected chi connectivity index (χ1v) is 4.82. The predicted molar refractivity (Wildman–Crippen MR) is 55.0 cm³/mol. The van der Waals surface area contributed by atoms with Gasteiger partial charge in [0, 0.05) is 5.71 Å². The molecule has 0 atom stereocenters. The van der Waals surface area contributed by atoms with Crippen LogP contribution in [0.15, 0.2) is 5.10 Å². The van der Waals surface area contributed by atoms with Gasteiger partial charge in [-0.15, -0.1) is 0 Å². The molecule has 0 aliphatic heterocycles. The van der Waals surface area contributed by atoms with E-state index in [2.05, 4.69) is 38.2 Å². The van der Waals surface area contributed by atoms with Gasteiger partial charge >= 0.3 is 0 Å². The minimum atomic E-state index is 1.09. The van der Waals surface area contributed by atoms with Crippen LogP contribution in [0.5, 0.6) is 0 Å². The van der Waals surface area contributed by atoms with E-state index in [4.69, 9.17) is 0 Å². The first-order chi connectivity index (χ1) is 5.70. The standard InChI is InChI=1S/C10H21N2/c1-5-7-9(3)11-12-10(4)8-6-2/h11H,5-8H2,1-4H3. The van der Waals surface area contributed by atoms with Crippen molar-refractivity contribution in [3.63, 3.8) is 0 Å². The van der Waals surface area contributed by atoms with Gasteiger partial charge in [-0.25, -0.2) is 0 Å². The van der Waals surface area contributed by atoms with Gasteiger partial charge in [0.1, 0.15) is 0 Å². The number of nitrogens with one attached hydrogen (secondary N) is 1. The van der Waals surface area contributed by atoms with Crippen LogP contribution in [-0.2, 0) is 0 Å². The summed E-state index contributed by atoms with van der Waals surface area (Å²) in [6, 6.07) is 1.26. The van der Waals surface area contributed by atoms with E-state index >= 15 is 0 Å². The summed E-state index contributed by atoms with van der Waals surface area (Å²) in [6.45, 7) is 8.50. The molecule has 2 heteroatoms. The van der Waals surface area contributed by atoms with E-state index in [0.29, 0.717) is 0 Å². The van der Waals surface area contributed by atoms with Gasteiger partial charge in [0.15, 0.2) is 0 Å². The third-order valence-electron chi connectivity index (χ3n) is 1.67. The molecule has 0 fully saturated rings. The molecule has 0 rings (SSSR count). The zero-order chi connectivity index (χ0) is 9.40. The number of hydrogen-bond donors (Lipinski definition) is 1. The van der Waals surface area contributed by atoms with Crippen molar-refractivity contribution < 1.29 is 0 Å². The summed E-state index contributed by atoms with van der Waals surface area (Å²) in [5, 5.41) is 4.26. The summed E-state index contributed by atoms with van der Waals surface area (Å²) in [5.74, 6) is 0. The molecule has 0 aliphatic rings. The van der Waals surface area contributed by atoms with Crippen molar-refractivity contribution >= 4 is 5.71 Å². The van der Waals surface area contributed by atoms with E-state index in [-0.39, 0.29) is 0 Å². The quantitative estimate of drug-likeness (QED) is 0.479. The van der Waals surface area contributed by atoms with Crippen LogP contribution >= 0.6 is 0 Å². The van der Waals surface area contributed by atoms with E-state index in [1.807, 2.05) is 0 Å². The lowest BCUT2D eigenvalue weighted by atomic mass is 10.2. The van der Waals surface area contributed by atoms with Crippen molar-refractivity contribution in [1.29, 1.82) is 0 Å². The highest BCUT2D eigenvalue weighted by Crippen LogP contribution is 2.02.